The minimum absolute atomic E-state index is 0.319. The molecule has 1 N–H and O–H groups in total. The molecule has 2 aliphatic heterocycles. The fraction of sp³-hybridized carbons (Fsp3) is 0.478. The third-order valence-corrected chi connectivity index (χ3v) is 7.07. The molecule has 1 unspecified atom stereocenters. The van der Waals surface area contributed by atoms with Gasteiger partial charge in [-0.2, -0.15) is 0 Å². The van der Waals surface area contributed by atoms with Gasteiger partial charge in [0.25, 0.3) is 0 Å². The van der Waals surface area contributed by atoms with Crippen molar-refractivity contribution in [3.8, 4) is 16.9 Å². The molecule has 5 rings (SSSR count). The molecule has 142 valence electrons. The molecule has 0 amide bonds. The highest BCUT2D eigenvalue weighted by Crippen LogP contribution is 2.49. The van der Waals surface area contributed by atoms with Crippen LogP contribution in [-0.4, -0.2) is 19.2 Å². The fourth-order valence-electron chi connectivity index (χ4n) is 5.12. The van der Waals surface area contributed by atoms with E-state index in [0.29, 0.717) is 28.0 Å². The largest absolute Gasteiger partial charge is 0.489 e. The molecule has 4 heteroatoms. The number of benzene rings is 2. The Hall–Kier alpha value is -1.22. The monoisotopic (exact) mass is 401 g/mol. The van der Waals surface area contributed by atoms with Crippen molar-refractivity contribution in [2.45, 2.75) is 56.5 Å². The Balaban J connectivity index is 1.64. The van der Waals surface area contributed by atoms with Crippen LogP contribution in [0.4, 0.5) is 0 Å². The molecule has 1 saturated heterocycles. The van der Waals surface area contributed by atoms with Gasteiger partial charge in [-0.1, -0.05) is 48.5 Å². The van der Waals surface area contributed by atoms with Gasteiger partial charge in [0.2, 0.25) is 0 Å². The predicted octanol–water partition coefficient (Wildman–Crippen LogP) is 6.55. The van der Waals surface area contributed by atoms with Crippen LogP contribution < -0.4 is 10.1 Å². The van der Waals surface area contributed by atoms with Crippen molar-refractivity contribution in [3.05, 3.63) is 51.5 Å². The zero-order chi connectivity index (χ0) is 18.4. The van der Waals surface area contributed by atoms with E-state index in [-0.39, 0.29) is 0 Å². The highest BCUT2D eigenvalue weighted by molar-refractivity contribution is 6.36. The highest BCUT2D eigenvalue weighted by Gasteiger charge is 2.39. The average molecular weight is 402 g/mol. The van der Waals surface area contributed by atoms with Crippen molar-refractivity contribution in [2.75, 3.05) is 13.1 Å². The maximum atomic E-state index is 6.56. The Morgan fingerprint density at radius 1 is 0.926 bits per heavy atom. The number of fused-ring (bicyclic) bond motifs is 3. The van der Waals surface area contributed by atoms with Gasteiger partial charge >= 0.3 is 0 Å². The second-order valence-corrected chi connectivity index (χ2v) is 9.04. The molecule has 2 aromatic rings. The third-order valence-electron chi connectivity index (χ3n) is 6.52. The van der Waals surface area contributed by atoms with Gasteiger partial charge in [-0.05, 0) is 67.1 Å². The topological polar surface area (TPSA) is 21.3 Å². The molecule has 2 atom stereocenters. The van der Waals surface area contributed by atoms with Crippen molar-refractivity contribution in [2.24, 2.45) is 0 Å². The zero-order valence-corrected chi connectivity index (χ0v) is 17.0. The molecular formula is C23H25Cl2NO. The third kappa shape index (κ3) is 3.26. The predicted molar refractivity (Wildman–Crippen MR) is 112 cm³/mol. The van der Waals surface area contributed by atoms with Crippen LogP contribution in [0.25, 0.3) is 11.1 Å². The number of rotatable bonds is 2. The average Bonchev–Trinajstić information content (AvgIpc) is 3.07. The molecule has 0 spiro atoms. The van der Waals surface area contributed by atoms with Crippen molar-refractivity contribution in [3.63, 3.8) is 0 Å². The maximum absolute atomic E-state index is 6.56. The summed E-state index contributed by atoms with van der Waals surface area (Å²) in [7, 11) is 0. The summed E-state index contributed by atoms with van der Waals surface area (Å²) in [4.78, 5) is 0. The molecule has 27 heavy (non-hydrogen) atoms. The van der Waals surface area contributed by atoms with E-state index >= 15 is 0 Å². The molecule has 0 radical (unpaired) electrons. The van der Waals surface area contributed by atoms with Crippen LogP contribution in [0.1, 0.15) is 61.5 Å². The number of nitrogens with one attached hydrogen (secondary N) is 1. The molecule has 0 bridgehead atoms. The normalized spacial score (nSPS) is 25.0. The lowest BCUT2D eigenvalue weighted by Crippen LogP contribution is -2.37. The van der Waals surface area contributed by atoms with Crippen LogP contribution in [0.5, 0.6) is 5.75 Å². The zero-order valence-electron chi connectivity index (χ0n) is 15.4. The van der Waals surface area contributed by atoms with Crippen LogP contribution >= 0.6 is 23.2 Å². The van der Waals surface area contributed by atoms with Gasteiger partial charge in [-0.15, -0.1) is 0 Å². The van der Waals surface area contributed by atoms with Gasteiger partial charge in [0, 0.05) is 33.6 Å². The second kappa shape index (κ2) is 7.31. The summed E-state index contributed by atoms with van der Waals surface area (Å²) in [5, 5.41) is 4.95. The van der Waals surface area contributed by atoms with Crippen LogP contribution in [-0.2, 0) is 0 Å². The Labute approximate surface area is 171 Å². The molecule has 2 heterocycles. The molecule has 0 aromatic heterocycles. The molecule has 2 aromatic carbocycles. The Morgan fingerprint density at radius 3 is 2.56 bits per heavy atom. The maximum Gasteiger partial charge on any atom is 0.126 e. The minimum atomic E-state index is 0.319. The van der Waals surface area contributed by atoms with Crippen molar-refractivity contribution >= 4 is 23.2 Å². The first-order chi connectivity index (χ1) is 13.2. The fourth-order valence-corrected chi connectivity index (χ4v) is 5.64. The van der Waals surface area contributed by atoms with E-state index in [1.807, 2.05) is 18.2 Å². The number of halogens is 2. The van der Waals surface area contributed by atoms with E-state index in [1.165, 1.54) is 54.5 Å². The summed E-state index contributed by atoms with van der Waals surface area (Å²) in [5.74, 6) is 2.23. The summed E-state index contributed by atoms with van der Waals surface area (Å²) in [6.07, 6.45) is 7.93. The van der Waals surface area contributed by atoms with Gasteiger partial charge in [0.15, 0.2) is 0 Å². The Bertz CT molecular complexity index is 860. The van der Waals surface area contributed by atoms with Gasteiger partial charge in [0.05, 0.1) is 0 Å². The first kappa shape index (κ1) is 17.8. The van der Waals surface area contributed by atoms with Crippen LogP contribution in [0.15, 0.2) is 30.3 Å². The van der Waals surface area contributed by atoms with E-state index in [4.69, 9.17) is 27.9 Å². The van der Waals surface area contributed by atoms with Crippen molar-refractivity contribution in [1.29, 1.82) is 0 Å². The van der Waals surface area contributed by atoms with E-state index in [1.54, 1.807) is 0 Å². The Kier molecular flexibility index (Phi) is 4.83. The summed E-state index contributed by atoms with van der Waals surface area (Å²) in [6, 6.07) is 10.5. The van der Waals surface area contributed by atoms with Crippen molar-refractivity contribution in [1.82, 2.24) is 5.32 Å². The first-order valence-corrected chi connectivity index (χ1v) is 11.0. The number of ether oxygens (including phenoxy) is 1. The molecule has 1 saturated carbocycles. The SMILES string of the molecule is Clc1ccc(-c2cc(C3CCCCC3)c3c(c2)C2CNCC[C@@H]2O3)c(Cl)c1. The summed E-state index contributed by atoms with van der Waals surface area (Å²) >= 11 is 12.7. The molecule has 3 aliphatic rings. The molecule has 1 aliphatic carbocycles. The van der Waals surface area contributed by atoms with Crippen molar-refractivity contribution < 1.29 is 4.74 Å². The van der Waals surface area contributed by atoms with E-state index in [9.17, 15) is 0 Å². The van der Waals surface area contributed by atoms with Gasteiger partial charge in [-0.3, -0.25) is 0 Å². The number of piperidine rings is 1. The van der Waals surface area contributed by atoms with E-state index < -0.39 is 0 Å². The number of hydrogen-bond donors (Lipinski definition) is 1. The van der Waals surface area contributed by atoms with Gasteiger partial charge in [0.1, 0.15) is 11.9 Å². The smallest absolute Gasteiger partial charge is 0.126 e. The van der Waals surface area contributed by atoms with Crippen LogP contribution in [0.3, 0.4) is 0 Å². The van der Waals surface area contributed by atoms with E-state index in [0.717, 1.165) is 25.1 Å². The lowest BCUT2D eigenvalue weighted by Gasteiger charge is -2.25. The minimum Gasteiger partial charge on any atom is -0.489 e. The lowest BCUT2D eigenvalue weighted by atomic mass is 9.80. The van der Waals surface area contributed by atoms with Crippen LogP contribution in [0, 0.1) is 0 Å². The number of hydrogen-bond acceptors (Lipinski definition) is 2. The highest BCUT2D eigenvalue weighted by atomic mass is 35.5. The molecule has 2 nitrogen and oxygen atoms in total. The summed E-state index contributed by atoms with van der Waals surface area (Å²) in [5.41, 5.74) is 5.04. The summed E-state index contributed by atoms with van der Waals surface area (Å²) < 4.78 is 6.54. The van der Waals surface area contributed by atoms with Gasteiger partial charge < -0.3 is 10.1 Å². The quantitative estimate of drug-likeness (QED) is 0.615. The molecule has 2 fully saturated rings. The first-order valence-electron chi connectivity index (χ1n) is 10.2. The second-order valence-electron chi connectivity index (χ2n) is 8.20. The standard InChI is InChI=1S/C23H25Cl2NO/c24-16-6-7-17(21(25)12-16)15-10-18(14-4-2-1-3-5-14)23-19(11-15)20-13-26-9-8-22(20)27-23/h6-7,10-12,14,20,22,26H,1-5,8-9,13H2/t20?,22-/m0/s1. The Morgan fingerprint density at radius 2 is 1.74 bits per heavy atom. The van der Waals surface area contributed by atoms with E-state index in [2.05, 4.69) is 17.4 Å². The lowest BCUT2D eigenvalue weighted by molar-refractivity contribution is 0.170. The summed E-state index contributed by atoms with van der Waals surface area (Å²) in [6.45, 7) is 2.05. The van der Waals surface area contributed by atoms with Gasteiger partial charge in [-0.25, -0.2) is 0 Å². The molecular weight excluding hydrogens is 377 g/mol. The van der Waals surface area contributed by atoms with Crippen LogP contribution in [0.2, 0.25) is 10.0 Å².